The summed E-state index contributed by atoms with van der Waals surface area (Å²) in [5.41, 5.74) is -1.63. The van der Waals surface area contributed by atoms with Crippen LogP contribution in [0.2, 0.25) is 0 Å². The molecule has 0 amide bonds. The maximum atomic E-state index is 11.4. The molecule has 0 heterocycles. The number of benzene rings is 2. The van der Waals surface area contributed by atoms with Crippen LogP contribution < -0.4 is 39.2 Å². The summed E-state index contributed by atoms with van der Waals surface area (Å²) in [6.45, 7) is 3.62. The first-order valence-corrected chi connectivity index (χ1v) is 10.2. The fraction of sp³-hybridized carbons (Fsp3) is 0.143. The Morgan fingerprint density at radius 3 is 2.45 bits per heavy atom. The molecular formula is C14H14NaO4PS2. The summed E-state index contributed by atoms with van der Waals surface area (Å²) in [7, 11) is 0. The zero-order valence-corrected chi connectivity index (χ0v) is 17.0. The Balaban J connectivity index is 0.00000242. The molecule has 0 saturated carbocycles. The standard InChI is InChI=1S/C14H15O4PS2.Na/c1-9-3-5-11(15)7-13(9)18-19(17,20)21-14-8-12(16)6-4-10(14)2;/h3-8,15-16H,1-2H3,(H,17,20);/q;+1/p-1. The van der Waals surface area contributed by atoms with Gasteiger partial charge in [-0.1, -0.05) is 18.2 Å². The molecule has 2 N–H and O–H groups in total. The number of phenols is 1. The van der Waals surface area contributed by atoms with Gasteiger partial charge in [-0.15, -0.1) is 5.75 Å². The molecule has 1 unspecified atom stereocenters. The van der Waals surface area contributed by atoms with Crippen molar-refractivity contribution in [2.24, 2.45) is 0 Å². The fourth-order valence-corrected chi connectivity index (χ4v) is 5.40. The van der Waals surface area contributed by atoms with E-state index in [9.17, 15) is 15.1 Å². The Kier molecular flexibility index (Phi) is 7.27. The smallest absolute Gasteiger partial charge is 0.872 e. The van der Waals surface area contributed by atoms with Crippen molar-refractivity contribution in [3.05, 3.63) is 47.5 Å². The molecular weight excluding hydrogens is 350 g/mol. The third-order valence-corrected chi connectivity index (χ3v) is 6.45. The molecule has 0 aliphatic rings. The van der Waals surface area contributed by atoms with E-state index in [1.54, 1.807) is 25.1 Å². The first-order valence-electron chi connectivity index (χ1n) is 6.06. The molecule has 0 saturated heterocycles. The van der Waals surface area contributed by atoms with E-state index < -0.39 is 5.69 Å². The van der Waals surface area contributed by atoms with Crippen LogP contribution in [0.4, 0.5) is 0 Å². The number of aryl methyl sites for hydroxylation is 2. The minimum atomic E-state index is -3.23. The molecule has 22 heavy (non-hydrogen) atoms. The molecule has 0 fully saturated rings. The van der Waals surface area contributed by atoms with Gasteiger partial charge in [0.1, 0.15) is 11.5 Å². The van der Waals surface area contributed by atoms with Crippen molar-refractivity contribution in [1.82, 2.24) is 0 Å². The quantitative estimate of drug-likeness (QED) is 0.607. The van der Waals surface area contributed by atoms with Gasteiger partial charge < -0.3 is 19.6 Å². The Bertz CT molecular complexity index is 666. The molecule has 0 spiro atoms. The van der Waals surface area contributed by atoms with E-state index in [4.69, 9.17) is 16.3 Å². The average Bonchev–Trinajstić information content (AvgIpc) is 2.37. The van der Waals surface area contributed by atoms with E-state index >= 15 is 0 Å². The van der Waals surface area contributed by atoms with Gasteiger partial charge in [0.25, 0.3) is 5.69 Å². The summed E-state index contributed by atoms with van der Waals surface area (Å²) in [6.07, 6.45) is 0. The van der Waals surface area contributed by atoms with Crippen molar-refractivity contribution < 1.29 is 49.2 Å². The van der Waals surface area contributed by atoms with Gasteiger partial charge in [-0.2, -0.15) is 0 Å². The number of aromatic hydroxyl groups is 1. The maximum Gasteiger partial charge on any atom is 1.00 e. The van der Waals surface area contributed by atoms with Crippen molar-refractivity contribution in [1.29, 1.82) is 0 Å². The van der Waals surface area contributed by atoms with Crippen LogP contribution in [-0.2, 0) is 11.8 Å². The summed E-state index contributed by atoms with van der Waals surface area (Å²) in [4.78, 5) is 11.0. The van der Waals surface area contributed by atoms with Crippen molar-refractivity contribution >= 4 is 28.9 Å². The monoisotopic (exact) mass is 364 g/mol. The van der Waals surface area contributed by atoms with Gasteiger partial charge in [-0.05, 0) is 66.4 Å². The van der Waals surface area contributed by atoms with Gasteiger partial charge in [0, 0.05) is 4.90 Å². The molecule has 0 radical (unpaired) electrons. The van der Waals surface area contributed by atoms with Crippen LogP contribution in [0.3, 0.4) is 0 Å². The molecule has 4 nitrogen and oxygen atoms in total. The number of hydrogen-bond acceptors (Lipinski definition) is 5. The first kappa shape index (κ1) is 19.8. The number of rotatable bonds is 4. The molecule has 0 aromatic heterocycles. The van der Waals surface area contributed by atoms with Gasteiger partial charge in [-0.25, -0.2) is 0 Å². The Morgan fingerprint density at radius 2 is 1.77 bits per heavy atom. The van der Waals surface area contributed by atoms with Crippen LogP contribution >= 0.6 is 17.1 Å². The van der Waals surface area contributed by atoms with Crippen LogP contribution in [0.25, 0.3) is 0 Å². The van der Waals surface area contributed by atoms with Crippen molar-refractivity contribution in [3.63, 3.8) is 0 Å². The van der Waals surface area contributed by atoms with E-state index in [0.29, 0.717) is 10.6 Å². The second-order valence-electron chi connectivity index (χ2n) is 4.53. The molecule has 1 atom stereocenters. The molecule has 112 valence electrons. The Hall–Kier alpha value is -0.200. The Labute approximate surface area is 160 Å². The zero-order chi connectivity index (χ0) is 15.6. The third-order valence-electron chi connectivity index (χ3n) is 2.76. The van der Waals surface area contributed by atoms with Crippen LogP contribution in [0.15, 0.2) is 41.3 Å². The topological polar surface area (TPSA) is 72.8 Å². The van der Waals surface area contributed by atoms with E-state index in [1.807, 2.05) is 6.92 Å². The molecule has 2 aromatic carbocycles. The summed E-state index contributed by atoms with van der Waals surface area (Å²) >= 11 is 6.13. The number of phenolic OH excluding ortho intramolecular Hbond substituents is 1. The van der Waals surface area contributed by atoms with Crippen molar-refractivity contribution in [2.45, 2.75) is 18.7 Å². The minimum Gasteiger partial charge on any atom is -0.872 e. The van der Waals surface area contributed by atoms with Crippen molar-refractivity contribution in [2.75, 3.05) is 0 Å². The van der Waals surface area contributed by atoms with Gasteiger partial charge in [0.15, 0.2) is 0 Å². The molecule has 0 aliphatic carbocycles. The van der Waals surface area contributed by atoms with Crippen LogP contribution in [0, 0.1) is 13.8 Å². The van der Waals surface area contributed by atoms with Crippen LogP contribution in [0.1, 0.15) is 11.1 Å². The molecule has 0 bridgehead atoms. The summed E-state index contributed by atoms with van der Waals surface area (Å²) in [5.74, 6) is 0.179. The van der Waals surface area contributed by atoms with Crippen LogP contribution in [-0.4, -0.2) is 10.00 Å². The normalized spacial score (nSPS) is 13.0. The van der Waals surface area contributed by atoms with Crippen molar-refractivity contribution in [3.8, 4) is 17.2 Å². The average molecular weight is 364 g/mol. The predicted octanol–water partition coefficient (Wildman–Crippen LogP) is 0.475. The maximum absolute atomic E-state index is 11.4. The van der Waals surface area contributed by atoms with E-state index in [0.717, 1.165) is 22.5 Å². The SMILES string of the molecule is Cc1ccc([O-])cc1OP(O)(=S)Sc1cc(O)ccc1C.[Na+]. The second-order valence-corrected chi connectivity index (χ2v) is 10.5. The fourth-order valence-electron chi connectivity index (χ4n) is 1.63. The minimum absolute atomic E-state index is 0. The van der Waals surface area contributed by atoms with E-state index in [2.05, 4.69) is 0 Å². The second kappa shape index (κ2) is 8.06. The molecule has 2 aromatic rings. The number of hydrogen-bond donors (Lipinski definition) is 2. The zero-order valence-electron chi connectivity index (χ0n) is 12.4. The summed E-state index contributed by atoms with van der Waals surface area (Å²) in [6, 6.07) is 9.18. The van der Waals surface area contributed by atoms with Gasteiger partial charge in [0.2, 0.25) is 0 Å². The van der Waals surface area contributed by atoms with Gasteiger partial charge >= 0.3 is 29.6 Å². The van der Waals surface area contributed by atoms with E-state index in [-0.39, 0.29) is 41.1 Å². The molecule has 2 rings (SSSR count). The van der Waals surface area contributed by atoms with Crippen LogP contribution in [0.5, 0.6) is 17.2 Å². The van der Waals surface area contributed by atoms with Gasteiger partial charge in [-0.3, -0.25) is 0 Å². The predicted molar refractivity (Wildman–Crippen MR) is 86.5 cm³/mol. The van der Waals surface area contributed by atoms with E-state index in [1.165, 1.54) is 18.2 Å². The summed E-state index contributed by atoms with van der Waals surface area (Å²) in [5, 5.41) is 20.9. The Morgan fingerprint density at radius 1 is 1.14 bits per heavy atom. The molecule has 0 aliphatic heterocycles. The first-order chi connectivity index (χ1) is 9.77. The van der Waals surface area contributed by atoms with Gasteiger partial charge in [0.05, 0.1) is 0 Å². The largest absolute Gasteiger partial charge is 1.00 e. The molecule has 8 heteroatoms. The summed E-state index contributed by atoms with van der Waals surface area (Å²) < 4.78 is 5.48. The third kappa shape index (κ3) is 5.46.